The van der Waals surface area contributed by atoms with E-state index in [4.69, 9.17) is 20.7 Å². The van der Waals surface area contributed by atoms with Crippen LogP contribution in [0.2, 0.25) is 0 Å². The van der Waals surface area contributed by atoms with E-state index >= 15 is 0 Å². The number of ether oxygens (including phenoxy) is 1. The van der Waals surface area contributed by atoms with Gasteiger partial charge >= 0.3 is 5.97 Å². The third-order valence-electron chi connectivity index (χ3n) is 3.22. The second kappa shape index (κ2) is 5.47. The average Bonchev–Trinajstić information content (AvgIpc) is 2.31. The van der Waals surface area contributed by atoms with E-state index in [1.807, 2.05) is 0 Å². The zero-order valence-corrected chi connectivity index (χ0v) is 9.93. The van der Waals surface area contributed by atoms with Gasteiger partial charge in [-0.25, -0.2) is 4.79 Å². The van der Waals surface area contributed by atoms with E-state index in [0.717, 1.165) is 0 Å². The molecule has 0 amide bonds. The summed E-state index contributed by atoms with van der Waals surface area (Å²) in [5.74, 6) is -4.47. The fraction of sp³-hybridized carbons (Fsp3) is 0.900. The van der Waals surface area contributed by atoms with Crippen LogP contribution in [0.25, 0.3) is 0 Å². The highest BCUT2D eigenvalue weighted by Crippen LogP contribution is 2.32. The lowest BCUT2D eigenvalue weighted by Crippen LogP contribution is -2.63. The largest absolute Gasteiger partial charge is 0.477 e. The molecule has 8 heteroatoms. The van der Waals surface area contributed by atoms with Crippen molar-refractivity contribution < 1.29 is 35.1 Å². The molecule has 1 heterocycles. The van der Waals surface area contributed by atoms with Gasteiger partial charge in [0.05, 0.1) is 6.61 Å². The van der Waals surface area contributed by atoms with E-state index in [9.17, 15) is 20.1 Å². The standard InChI is InChI=1S/C10H19NO7/c1-4-2-10(17,9(15)16)18-8(6(4)11)7(14)5(13)3-12/h4-8,12-14,17H,2-3,11H2,1H3,(H,15,16). The molecular formula is C10H19NO7. The zero-order valence-electron chi connectivity index (χ0n) is 9.93. The number of carboxylic acid groups (broad SMARTS) is 1. The van der Waals surface area contributed by atoms with Gasteiger partial charge in [-0.2, -0.15) is 0 Å². The summed E-state index contributed by atoms with van der Waals surface area (Å²) in [6.07, 6.45) is -4.61. The van der Waals surface area contributed by atoms with Crippen LogP contribution in [0, 0.1) is 5.92 Å². The van der Waals surface area contributed by atoms with Crippen molar-refractivity contribution in [2.75, 3.05) is 6.61 Å². The van der Waals surface area contributed by atoms with Gasteiger partial charge in [-0.15, -0.1) is 0 Å². The fourth-order valence-corrected chi connectivity index (χ4v) is 2.01. The lowest BCUT2D eigenvalue weighted by atomic mass is 9.84. The number of aliphatic hydroxyl groups is 4. The van der Waals surface area contributed by atoms with Gasteiger partial charge in [0.2, 0.25) is 0 Å². The van der Waals surface area contributed by atoms with Crippen LogP contribution in [0.3, 0.4) is 0 Å². The normalized spacial score (nSPS) is 40.2. The van der Waals surface area contributed by atoms with Crippen molar-refractivity contribution in [3.05, 3.63) is 0 Å². The molecule has 1 fully saturated rings. The number of rotatable bonds is 4. The molecule has 1 rings (SSSR count). The number of aliphatic hydroxyl groups excluding tert-OH is 3. The van der Waals surface area contributed by atoms with Crippen molar-refractivity contribution in [2.45, 2.75) is 43.5 Å². The Morgan fingerprint density at radius 3 is 2.56 bits per heavy atom. The van der Waals surface area contributed by atoms with Crippen LogP contribution in [0.1, 0.15) is 13.3 Å². The Kier molecular flexibility index (Phi) is 4.65. The number of hydrogen-bond acceptors (Lipinski definition) is 7. The number of carboxylic acids is 1. The lowest BCUT2D eigenvalue weighted by molar-refractivity contribution is -0.286. The van der Waals surface area contributed by atoms with Gasteiger partial charge in [0, 0.05) is 12.5 Å². The van der Waals surface area contributed by atoms with E-state index < -0.39 is 48.6 Å². The van der Waals surface area contributed by atoms with E-state index in [1.54, 1.807) is 6.92 Å². The molecular weight excluding hydrogens is 246 g/mol. The first-order valence-electron chi connectivity index (χ1n) is 5.59. The maximum absolute atomic E-state index is 10.9. The van der Waals surface area contributed by atoms with Crippen molar-refractivity contribution in [3.8, 4) is 0 Å². The van der Waals surface area contributed by atoms with Gasteiger partial charge in [0.25, 0.3) is 5.79 Å². The molecule has 0 bridgehead atoms. The molecule has 8 nitrogen and oxygen atoms in total. The third-order valence-corrected chi connectivity index (χ3v) is 3.22. The first-order chi connectivity index (χ1) is 8.23. The van der Waals surface area contributed by atoms with Crippen LogP contribution in [-0.4, -0.2) is 68.2 Å². The summed E-state index contributed by atoms with van der Waals surface area (Å²) in [7, 11) is 0. The Morgan fingerprint density at radius 1 is 1.56 bits per heavy atom. The highest BCUT2D eigenvalue weighted by molar-refractivity contribution is 5.75. The van der Waals surface area contributed by atoms with Crippen LogP contribution < -0.4 is 5.73 Å². The van der Waals surface area contributed by atoms with Gasteiger partial charge in [-0.05, 0) is 5.92 Å². The minimum atomic E-state index is -2.45. The van der Waals surface area contributed by atoms with Gasteiger partial charge in [0.1, 0.15) is 18.3 Å². The number of aliphatic carboxylic acids is 1. The summed E-state index contributed by atoms with van der Waals surface area (Å²) in [6, 6.07) is -0.763. The summed E-state index contributed by atoms with van der Waals surface area (Å²) < 4.78 is 4.91. The molecule has 0 aromatic heterocycles. The molecule has 18 heavy (non-hydrogen) atoms. The molecule has 0 radical (unpaired) electrons. The van der Waals surface area contributed by atoms with Crippen LogP contribution in [0.15, 0.2) is 0 Å². The summed E-state index contributed by atoms with van der Waals surface area (Å²) in [4.78, 5) is 10.9. The van der Waals surface area contributed by atoms with Crippen molar-refractivity contribution >= 4 is 5.97 Å². The summed E-state index contributed by atoms with van der Waals surface area (Å²) in [5, 5.41) is 46.5. The summed E-state index contributed by atoms with van der Waals surface area (Å²) in [6.45, 7) is 0.875. The van der Waals surface area contributed by atoms with E-state index in [-0.39, 0.29) is 6.42 Å². The van der Waals surface area contributed by atoms with Crippen LogP contribution in [-0.2, 0) is 9.53 Å². The first kappa shape index (κ1) is 15.3. The summed E-state index contributed by atoms with van der Waals surface area (Å²) >= 11 is 0. The predicted octanol–water partition coefficient (Wildman–Crippen LogP) is -2.77. The Labute approximate surface area is 104 Å². The maximum Gasteiger partial charge on any atom is 0.364 e. The average molecular weight is 265 g/mol. The molecule has 1 aliphatic heterocycles. The van der Waals surface area contributed by atoms with Crippen LogP contribution in [0.5, 0.6) is 0 Å². The molecule has 7 N–H and O–H groups in total. The van der Waals surface area contributed by atoms with Crippen molar-refractivity contribution in [3.63, 3.8) is 0 Å². The molecule has 0 aromatic rings. The highest BCUT2D eigenvalue weighted by atomic mass is 16.7. The minimum absolute atomic E-state index is 0.220. The predicted molar refractivity (Wildman–Crippen MR) is 58.3 cm³/mol. The number of nitrogens with two attached hydrogens (primary N) is 1. The molecule has 6 unspecified atom stereocenters. The van der Waals surface area contributed by atoms with E-state index in [0.29, 0.717) is 0 Å². The monoisotopic (exact) mass is 265 g/mol. The SMILES string of the molecule is CC1CC(O)(C(=O)O)OC(C(O)C(O)CO)C1N. The minimum Gasteiger partial charge on any atom is -0.477 e. The Bertz CT molecular complexity index is 313. The molecule has 0 saturated carbocycles. The Hall–Kier alpha value is -0.770. The Morgan fingerprint density at radius 2 is 2.11 bits per heavy atom. The lowest BCUT2D eigenvalue weighted by Gasteiger charge is -2.43. The smallest absolute Gasteiger partial charge is 0.364 e. The van der Waals surface area contributed by atoms with Crippen molar-refractivity contribution in [1.82, 2.24) is 0 Å². The topological polar surface area (TPSA) is 153 Å². The number of hydrogen-bond donors (Lipinski definition) is 6. The molecule has 0 aliphatic carbocycles. The van der Waals surface area contributed by atoms with Crippen LogP contribution in [0.4, 0.5) is 0 Å². The zero-order chi connectivity index (χ0) is 14.1. The van der Waals surface area contributed by atoms with Gasteiger partial charge in [-0.3, -0.25) is 0 Å². The second-order valence-electron chi connectivity index (χ2n) is 4.67. The molecule has 0 aromatic carbocycles. The second-order valence-corrected chi connectivity index (χ2v) is 4.67. The van der Waals surface area contributed by atoms with Crippen LogP contribution >= 0.6 is 0 Å². The van der Waals surface area contributed by atoms with E-state index in [2.05, 4.69) is 0 Å². The van der Waals surface area contributed by atoms with Gasteiger partial charge in [-0.1, -0.05) is 6.92 Å². The number of carbonyl (C=O) groups is 1. The van der Waals surface area contributed by atoms with Gasteiger partial charge < -0.3 is 36.0 Å². The third kappa shape index (κ3) is 2.79. The maximum atomic E-state index is 10.9. The fourth-order valence-electron chi connectivity index (χ4n) is 2.01. The van der Waals surface area contributed by atoms with Crippen molar-refractivity contribution in [2.24, 2.45) is 11.7 Å². The summed E-state index contributed by atoms with van der Waals surface area (Å²) in [5.41, 5.74) is 5.76. The molecule has 1 aliphatic rings. The molecule has 6 atom stereocenters. The molecule has 0 spiro atoms. The highest BCUT2D eigenvalue weighted by Gasteiger charge is 2.51. The molecule has 1 saturated heterocycles. The first-order valence-corrected chi connectivity index (χ1v) is 5.59. The van der Waals surface area contributed by atoms with E-state index in [1.165, 1.54) is 0 Å². The quantitative estimate of drug-likeness (QED) is 0.319. The van der Waals surface area contributed by atoms with Gasteiger partial charge in [0.15, 0.2) is 0 Å². The molecule has 106 valence electrons. The van der Waals surface area contributed by atoms with Crippen molar-refractivity contribution in [1.29, 1.82) is 0 Å². The Balaban J connectivity index is 2.92.